The Balaban J connectivity index is 1.26. The van der Waals surface area contributed by atoms with E-state index in [9.17, 15) is 0 Å². The molecule has 0 unspecified atom stereocenters. The first-order valence-corrected chi connectivity index (χ1v) is 21.1. The molecule has 0 radical (unpaired) electrons. The van der Waals surface area contributed by atoms with Crippen LogP contribution in [0, 0.1) is 47.4 Å². The molecular formula is C57H45FN4. The number of rotatable bonds is 7. The fourth-order valence-electron chi connectivity index (χ4n) is 9.58. The number of nitrogens with zero attached hydrogens (tertiary/aromatic N) is 4. The standard InChI is InChI=1S/C57H45FN4/c1-34-26-36(3)53(37(4)27-34)43-20-24-51-48(31-43)49-32-44(54-38(5)28-35(2)29-39(54)6)21-25-52(49)62(51)46-22-23-47(42-18-13-19-45(58)30-42)50(33-46)57-60-55(40-14-9-7-10-15-40)59-56(61-57)41-16-11-8-12-17-41/h7-33H,1-6H3. The molecule has 0 aliphatic rings. The Bertz CT molecular complexity index is 3150. The summed E-state index contributed by atoms with van der Waals surface area (Å²) in [5.41, 5.74) is 19.6. The van der Waals surface area contributed by atoms with E-state index in [2.05, 4.69) is 125 Å². The Morgan fingerprint density at radius 2 is 0.839 bits per heavy atom. The summed E-state index contributed by atoms with van der Waals surface area (Å²) in [6, 6.07) is 55.9. The van der Waals surface area contributed by atoms with Gasteiger partial charge in [-0.1, -0.05) is 126 Å². The number of aryl methyl sites for hydroxylation is 6. The summed E-state index contributed by atoms with van der Waals surface area (Å²) in [6.07, 6.45) is 0. The Morgan fingerprint density at radius 3 is 1.32 bits per heavy atom. The van der Waals surface area contributed by atoms with Crippen LogP contribution in [-0.4, -0.2) is 19.5 Å². The quantitative estimate of drug-likeness (QED) is 0.161. The van der Waals surface area contributed by atoms with Gasteiger partial charge in [-0.2, -0.15) is 0 Å². The van der Waals surface area contributed by atoms with E-state index in [1.807, 2.05) is 66.7 Å². The average Bonchev–Trinajstić information content (AvgIpc) is 3.59. The van der Waals surface area contributed by atoms with E-state index in [4.69, 9.17) is 15.0 Å². The predicted octanol–water partition coefficient (Wildman–Crippen LogP) is 15.0. The van der Waals surface area contributed by atoms with Gasteiger partial charge in [0.2, 0.25) is 0 Å². The van der Waals surface area contributed by atoms with Crippen molar-refractivity contribution in [3.8, 4) is 73.2 Å². The Kier molecular flexibility index (Phi) is 9.68. The lowest BCUT2D eigenvalue weighted by molar-refractivity contribution is 0.628. The van der Waals surface area contributed by atoms with Crippen molar-refractivity contribution in [3.05, 3.63) is 203 Å². The topological polar surface area (TPSA) is 43.6 Å². The molecule has 0 atom stereocenters. The molecule has 4 nitrogen and oxygen atoms in total. The van der Waals surface area contributed by atoms with Crippen LogP contribution in [0.5, 0.6) is 0 Å². The second-order valence-corrected chi connectivity index (χ2v) is 16.6. The molecule has 10 rings (SSSR count). The normalized spacial score (nSPS) is 11.5. The SMILES string of the molecule is Cc1cc(C)c(-c2ccc3c(c2)c2cc(-c4c(C)cc(C)cc4C)ccc2n3-c2ccc(-c3cccc(F)c3)c(-c3nc(-c4ccccc4)nc(-c4ccccc4)n3)c2)c(C)c1. The summed E-state index contributed by atoms with van der Waals surface area (Å²) in [7, 11) is 0. The molecule has 0 spiro atoms. The number of hydrogen-bond donors (Lipinski definition) is 0. The van der Waals surface area contributed by atoms with Crippen molar-refractivity contribution in [2.45, 2.75) is 41.5 Å². The number of halogens is 1. The van der Waals surface area contributed by atoms with E-state index in [1.54, 1.807) is 12.1 Å². The minimum atomic E-state index is -0.310. The van der Waals surface area contributed by atoms with Gasteiger partial charge in [-0.3, -0.25) is 0 Å². The van der Waals surface area contributed by atoms with E-state index in [0.717, 1.165) is 55.3 Å². The molecule has 0 amide bonds. The Morgan fingerprint density at radius 1 is 0.371 bits per heavy atom. The lowest BCUT2D eigenvalue weighted by Gasteiger charge is -2.16. The molecule has 2 heterocycles. The van der Waals surface area contributed by atoms with Crippen molar-refractivity contribution < 1.29 is 4.39 Å². The highest BCUT2D eigenvalue weighted by Crippen LogP contribution is 2.42. The summed E-state index contributed by atoms with van der Waals surface area (Å²) in [5, 5.41) is 2.32. The third kappa shape index (κ3) is 6.95. The lowest BCUT2D eigenvalue weighted by atomic mass is 9.91. The molecule has 0 saturated carbocycles. The van der Waals surface area contributed by atoms with Crippen LogP contribution in [0.3, 0.4) is 0 Å². The van der Waals surface area contributed by atoms with Crippen LogP contribution in [-0.2, 0) is 0 Å². The predicted molar refractivity (Wildman–Crippen MR) is 255 cm³/mol. The molecule has 0 bridgehead atoms. The van der Waals surface area contributed by atoms with Crippen LogP contribution in [0.1, 0.15) is 33.4 Å². The van der Waals surface area contributed by atoms with E-state index in [1.165, 1.54) is 61.7 Å². The van der Waals surface area contributed by atoms with Gasteiger partial charge in [0.15, 0.2) is 17.5 Å². The molecule has 5 heteroatoms. The van der Waals surface area contributed by atoms with Gasteiger partial charge in [-0.25, -0.2) is 19.3 Å². The Labute approximate surface area is 362 Å². The van der Waals surface area contributed by atoms with Crippen LogP contribution in [0.25, 0.3) is 95.0 Å². The van der Waals surface area contributed by atoms with E-state index in [-0.39, 0.29) is 5.82 Å². The first-order chi connectivity index (χ1) is 30.1. The molecule has 0 aliphatic carbocycles. The van der Waals surface area contributed by atoms with Crippen molar-refractivity contribution in [3.63, 3.8) is 0 Å². The van der Waals surface area contributed by atoms with E-state index >= 15 is 4.39 Å². The summed E-state index contributed by atoms with van der Waals surface area (Å²) in [4.78, 5) is 15.3. The largest absolute Gasteiger partial charge is 0.309 e. The van der Waals surface area contributed by atoms with Gasteiger partial charge in [0.1, 0.15) is 5.82 Å². The molecule has 8 aromatic carbocycles. The summed E-state index contributed by atoms with van der Waals surface area (Å²) >= 11 is 0. The van der Waals surface area contributed by atoms with Gasteiger partial charge in [-0.05, 0) is 146 Å². The van der Waals surface area contributed by atoms with Crippen LogP contribution < -0.4 is 0 Å². The van der Waals surface area contributed by atoms with Gasteiger partial charge in [0.05, 0.1) is 11.0 Å². The monoisotopic (exact) mass is 804 g/mol. The number of fused-ring (bicyclic) bond motifs is 3. The Hall–Kier alpha value is -7.50. The van der Waals surface area contributed by atoms with Gasteiger partial charge in [-0.15, -0.1) is 0 Å². The zero-order valence-electron chi connectivity index (χ0n) is 35.8. The lowest BCUT2D eigenvalue weighted by Crippen LogP contribution is -2.02. The van der Waals surface area contributed by atoms with Crippen molar-refractivity contribution in [1.82, 2.24) is 19.5 Å². The minimum Gasteiger partial charge on any atom is -0.309 e. The second kappa shape index (κ2) is 15.5. The van der Waals surface area contributed by atoms with E-state index in [0.29, 0.717) is 17.5 Å². The summed E-state index contributed by atoms with van der Waals surface area (Å²) in [5.74, 6) is 1.31. The second-order valence-electron chi connectivity index (χ2n) is 16.6. The maximum Gasteiger partial charge on any atom is 0.164 e. The van der Waals surface area contributed by atoms with Crippen LogP contribution >= 0.6 is 0 Å². The molecule has 62 heavy (non-hydrogen) atoms. The molecule has 0 saturated heterocycles. The zero-order chi connectivity index (χ0) is 42.6. The summed E-state index contributed by atoms with van der Waals surface area (Å²) < 4.78 is 17.4. The molecule has 0 fully saturated rings. The molecule has 0 aliphatic heterocycles. The van der Waals surface area contributed by atoms with E-state index < -0.39 is 0 Å². The highest BCUT2D eigenvalue weighted by molar-refractivity contribution is 6.12. The van der Waals surface area contributed by atoms with Gasteiger partial charge in [0, 0.05) is 33.2 Å². The number of benzene rings is 8. The fourth-order valence-corrected chi connectivity index (χ4v) is 9.58. The van der Waals surface area contributed by atoms with Crippen LogP contribution in [0.2, 0.25) is 0 Å². The van der Waals surface area contributed by atoms with Crippen molar-refractivity contribution >= 4 is 21.8 Å². The fraction of sp³-hybridized carbons (Fsp3) is 0.105. The number of hydrogen-bond acceptors (Lipinski definition) is 3. The van der Waals surface area contributed by atoms with Gasteiger partial charge in [0.25, 0.3) is 0 Å². The average molecular weight is 805 g/mol. The van der Waals surface area contributed by atoms with Crippen molar-refractivity contribution in [2.75, 3.05) is 0 Å². The van der Waals surface area contributed by atoms with Crippen LogP contribution in [0.4, 0.5) is 4.39 Å². The minimum absolute atomic E-state index is 0.310. The van der Waals surface area contributed by atoms with Crippen molar-refractivity contribution in [1.29, 1.82) is 0 Å². The summed E-state index contributed by atoms with van der Waals surface area (Å²) in [6.45, 7) is 13.1. The molecule has 2 aromatic heterocycles. The highest BCUT2D eigenvalue weighted by Gasteiger charge is 2.21. The third-order valence-corrected chi connectivity index (χ3v) is 12.0. The third-order valence-electron chi connectivity index (χ3n) is 12.0. The highest BCUT2D eigenvalue weighted by atomic mass is 19.1. The maximum absolute atomic E-state index is 15.0. The first kappa shape index (κ1) is 38.7. The zero-order valence-corrected chi connectivity index (χ0v) is 35.8. The molecule has 300 valence electrons. The molecule has 10 aromatic rings. The molecular weight excluding hydrogens is 760 g/mol. The maximum atomic E-state index is 15.0. The van der Waals surface area contributed by atoms with Gasteiger partial charge < -0.3 is 4.57 Å². The first-order valence-electron chi connectivity index (χ1n) is 21.1. The number of aromatic nitrogens is 4. The smallest absolute Gasteiger partial charge is 0.164 e. The molecule has 0 N–H and O–H groups in total. The van der Waals surface area contributed by atoms with Gasteiger partial charge >= 0.3 is 0 Å². The van der Waals surface area contributed by atoms with Crippen molar-refractivity contribution in [2.24, 2.45) is 0 Å². The van der Waals surface area contributed by atoms with Crippen LogP contribution in [0.15, 0.2) is 164 Å².